The van der Waals surface area contributed by atoms with Crippen LogP contribution in [0.25, 0.3) is 11.4 Å². The van der Waals surface area contributed by atoms with Crippen LogP contribution in [0.15, 0.2) is 85.2 Å². The summed E-state index contributed by atoms with van der Waals surface area (Å²) in [7, 11) is 0. The Balaban J connectivity index is 1.17. The summed E-state index contributed by atoms with van der Waals surface area (Å²) in [5.41, 5.74) is 2.53. The highest BCUT2D eigenvalue weighted by molar-refractivity contribution is 5.99. The summed E-state index contributed by atoms with van der Waals surface area (Å²) in [4.78, 5) is 25.4. The third-order valence-electron chi connectivity index (χ3n) is 5.59. The number of nitrogens with one attached hydrogen (secondary N) is 2. The van der Waals surface area contributed by atoms with Crippen molar-refractivity contribution in [2.45, 2.75) is 13.1 Å². The van der Waals surface area contributed by atoms with Crippen LogP contribution in [0.2, 0.25) is 0 Å². The predicted molar refractivity (Wildman–Crippen MR) is 135 cm³/mol. The number of aromatic hydroxyl groups is 2. The Morgan fingerprint density at radius 1 is 0.658 bits per heavy atom. The standard InChI is InChI=1S/C26H22N8O4/c35-23-10-3-1-8-21(23)33-15-19(29-31-33)13-27-25(37)17-6-5-7-18(12-17)26(38)28-14-20-16-34(32-30-20)22-9-2-4-11-24(22)36/h1-12,15-16,35-36H,13-14H2,(H,27,37)(H,28,38). The number of amides is 2. The Hall–Kier alpha value is -5.52. The Morgan fingerprint density at radius 2 is 1.11 bits per heavy atom. The number of phenolic OH excluding ortho intramolecular Hbond substituents is 2. The van der Waals surface area contributed by atoms with E-state index in [4.69, 9.17) is 0 Å². The van der Waals surface area contributed by atoms with Crippen LogP contribution >= 0.6 is 0 Å². The molecule has 0 bridgehead atoms. The van der Waals surface area contributed by atoms with Crippen molar-refractivity contribution in [3.05, 3.63) is 108 Å². The second kappa shape index (κ2) is 10.6. The first kappa shape index (κ1) is 24.2. The van der Waals surface area contributed by atoms with Crippen molar-refractivity contribution in [1.29, 1.82) is 0 Å². The van der Waals surface area contributed by atoms with E-state index >= 15 is 0 Å². The van der Waals surface area contributed by atoms with Gasteiger partial charge in [0, 0.05) is 11.1 Å². The van der Waals surface area contributed by atoms with Crippen LogP contribution in [0.4, 0.5) is 0 Å². The number of aromatic nitrogens is 6. The fourth-order valence-corrected chi connectivity index (χ4v) is 3.66. The highest BCUT2D eigenvalue weighted by Crippen LogP contribution is 2.20. The highest BCUT2D eigenvalue weighted by atomic mass is 16.3. The molecule has 0 unspecified atom stereocenters. The monoisotopic (exact) mass is 510 g/mol. The van der Waals surface area contributed by atoms with Gasteiger partial charge in [-0.25, -0.2) is 9.36 Å². The van der Waals surface area contributed by atoms with Gasteiger partial charge in [-0.2, -0.15) is 0 Å². The fourth-order valence-electron chi connectivity index (χ4n) is 3.66. The van der Waals surface area contributed by atoms with Gasteiger partial charge in [-0.15, -0.1) is 10.2 Å². The van der Waals surface area contributed by atoms with Gasteiger partial charge < -0.3 is 20.8 Å². The molecule has 190 valence electrons. The molecule has 0 spiro atoms. The van der Waals surface area contributed by atoms with Gasteiger partial charge in [0.1, 0.15) is 34.3 Å². The lowest BCUT2D eigenvalue weighted by Crippen LogP contribution is -2.25. The summed E-state index contributed by atoms with van der Waals surface area (Å²) < 4.78 is 2.84. The Bertz CT molecular complexity index is 1500. The maximum atomic E-state index is 12.7. The van der Waals surface area contributed by atoms with Crippen molar-refractivity contribution in [2.24, 2.45) is 0 Å². The molecule has 0 fully saturated rings. The third kappa shape index (κ3) is 5.33. The molecule has 3 aromatic carbocycles. The molecule has 38 heavy (non-hydrogen) atoms. The Labute approximate surface area is 216 Å². The second-order valence-corrected chi connectivity index (χ2v) is 8.23. The number of nitrogens with zero attached hydrogens (tertiary/aromatic N) is 6. The molecule has 0 saturated carbocycles. The predicted octanol–water partition coefficient (Wildman–Crippen LogP) is 2.12. The second-order valence-electron chi connectivity index (χ2n) is 8.23. The average Bonchev–Trinajstić information content (AvgIpc) is 3.61. The van der Waals surface area contributed by atoms with Gasteiger partial charge in [-0.1, -0.05) is 40.8 Å². The van der Waals surface area contributed by atoms with Crippen LogP contribution in [0.5, 0.6) is 11.5 Å². The molecule has 12 nitrogen and oxygen atoms in total. The fraction of sp³-hybridized carbons (Fsp3) is 0.0769. The van der Waals surface area contributed by atoms with E-state index in [1.54, 1.807) is 79.1 Å². The Kier molecular flexibility index (Phi) is 6.76. The summed E-state index contributed by atoms with van der Waals surface area (Å²) in [6.07, 6.45) is 3.21. The van der Waals surface area contributed by atoms with Gasteiger partial charge in [0.2, 0.25) is 0 Å². The lowest BCUT2D eigenvalue weighted by molar-refractivity contribution is 0.0950. The summed E-state index contributed by atoms with van der Waals surface area (Å²) in [5.74, 6) is -0.656. The third-order valence-corrected chi connectivity index (χ3v) is 5.59. The SMILES string of the molecule is O=C(NCc1cn(-c2ccccc2O)nn1)c1cccc(C(=O)NCc2cn(-c3ccccc3O)nn2)c1. The summed E-state index contributed by atoms with van der Waals surface area (Å²) >= 11 is 0. The summed E-state index contributed by atoms with van der Waals surface area (Å²) in [6, 6.07) is 19.7. The zero-order valence-electron chi connectivity index (χ0n) is 19.9. The molecular formula is C26H22N8O4. The molecule has 12 heteroatoms. The molecule has 0 saturated heterocycles. The lowest BCUT2D eigenvalue weighted by Gasteiger charge is -2.07. The highest BCUT2D eigenvalue weighted by Gasteiger charge is 2.13. The van der Waals surface area contributed by atoms with Crippen molar-refractivity contribution in [1.82, 2.24) is 40.6 Å². The van der Waals surface area contributed by atoms with E-state index in [9.17, 15) is 19.8 Å². The van der Waals surface area contributed by atoms with Crippen molar-refractivity contribution >= 4 is 11.8 Å². The smallest absolute Gasteiger partial charge is 0.251 e. The molecule has 2 heterocycles. The van der Waals surface area contributed by atoms with E-state index in [1.807, 2.05) is 0 Å². The van der Waals surface area contributed by atoms with Crippen LogP contribution in [0.3, 0.4) is 0 Å². The van der Waals surface area contributed by atoms with E-state index in [0.29, 0.717) is 33.9 Å². The van der Waals surface area contributed by atoms with Gasteiger partial charge in [0.15, 0.2) is 0 Å². The first-order chi connectivity index (χ1) is 18.5. The number of para-hydroxylation sites is 4. The first-order valence-corrected chi connectivity index (χ1v) is 11.5. The van der Waals surface area contributed by atoms with Gasteiger partial charge in [0.25, 0.3) is 11.8 Å². The molecule has 5 aromatic rings. The van der Waals surface area contributed by atoms with Gasteiger partial charge in [-0.05, 0) is 42.5 Å². The number of rotatable bonds is 8. The lowest BCUT2D eigenvalue weighted by atomic mass is 10.1. The van der Waals surface area contributed by atoms with Crippen molar-refractivity contribution in [3.63, 3.8) is 0 Å². The number of hydrogen-bond acceptors (Lipinski definition) is 8. The van der Waals surface area contributed by atoms with E-state index in [0.717, 1.165) is 0 Å². The van der Waals surface area contributed by atoms with Crippen LogP contribution in [-0.2, 0) is 13.1 Å². The molecule has 5 rings (SSSR count). The van der Waals surface area contributed by atoms with Crippen molar-refractivity contribution in [2.75, 3.05) is 0 Å². The van der Waals surface area contributed by atoms with Crippen LogP contribution in [0, 0.1) is 0 Å². The zero-order chi connectivity index (χ0) is 26.5. The van der Waals surface area contributed by atoms with Crippen LogP contribution in [0.1, 0.15) is 32.1 Å². The average molecular weight is 511 g/mol. The largest absolute Gasteiger partial charge is 0.506 e. The number of carbonyl (C=O) groups excluding carboxylic acids is 2. The molecule has 2 aromatic heterocycles. The minimum atomic E-state index is -0.387. The quantitative estimate of drug-likeness (QED) is 0.247. The topological polar surface area (TPSA) is 160 Å². The number of phenols is 2. The number of carbonyl (C=O) groups is 2. The number of hydrogen-bond donors (Lipinski definition) is 4. The molecule has 0 aliphatic carbocycles. The van der Waals surface area contributed by atoms with Crippen LogP contribution in [-0.4, -0.2) is 52.0 Å². The van der Waals surface area contributed by atoms with Crippen molar-refractivity contribution < 1.29 is 19.8 Å². The maximum absolute atomic E-state index is 12.7. The molecule has 4 N–H and O–H groups in total. The molecule has 0 atom stereocenters. The zero-order valence-corrected chi connectivity index (χ0v) is 19.9. The van der Waals surface area contributed by atoms with Gasteiger partial charge in [0.05, 0.1) is 25.5 Å². The normalized spacial score (nSPS) is 10.7. The van der Waals surface area contributed by atoms with Crippen molar-refractivity contribution in [3.8, 4) is 22.9 Å². The van der Waals surface area contributed by atoms with E-state index in [1.165, 1.54) is 15.4 Å². The Morgan fingerprint density at radius 3 is 1.55 bits per heavy atom. The van der Waals surface area contributed by atoms with Gasteiger partial charge >= 0.3 is 0 Å². The minimum Gasteiger partial charge on any atom is -0.506 e. The van der Waals surface area contributed by atoms with E-state index in [2.05, 4.69) is 31.3 Å². The van der Waals surface area contributed by atoms with E-state index < -0.39 is 0 Å². The number of benzene rings is 3. The summed E-state index contributed by atoms with van der Waals surface area (Å²) in [6.45, 7) is 0.213. The van der Waals surface area contributed by atoms with Crippen LogP contribution < -0.4 is 10.6 Å². The molecule has 2 amide bonds. The molecule has 0 radical (unpaired) electrons. The molecule has 0 aliphatic rings. The first-order valence-electron chi connectivity index (χ1n) is 11.5. The summed E-state index contributed by atoms with van der Waals surface area (Å²) in [5, 5.41) is 41.4. The van der Waals surface area contributed by atoms with E-state index in [-0.39, 0.29) is 36.4 Å². The molecule has 0 aliphatic heterocycles. The minimum absolute atomic E-state index is 0.0585. The maximum Gasteiger partial charge on any atom is 0.251 e. The van der Waals surface area contributed by atoms with Gasteiger partial charge in [-0.3, -0.25) is 9.59 Å². The molecular weight excluding hydrogens is 488 g/mol.